The molecule has 14 heteroatoms. The monoisotopic (exact) mass is 541 g/mol. The normalized spacial score (nSPS) is 22.2. The Labute approximate surface area is 215 Å². The van der Waals surface area contributed by atoms with Crippen LogP contribution in [-0.4, -0.2) is 76.9 Å². The van der Waals surface area contributed by atoms with Gasteiger partial charge in [0.2, 0.25) is 17.4 Å². The van der Waals surface area contributed by atoms with Crippen molar-refractivity contribution in [2.24, 2.45) is 5.92 Å². The number of ether oxygens (including phenoxy) is 1. The number of likely N-dealkylation sites (tertiary alicyclic amines) is 1. The quantitative estimate of drug-likeness (QED) is 0.530. The van der Waals surface area contributed by atoms with Gasteiger partial charge in [0.1, 0.15) is 29.7 Å². The zero-order chi connectivity index (χ0) is 28.6. The van der Waals surface area contributed by atoms with Crippen molar-refractivity contribution in [2.75, 3.05) is 18.9 Å². The van der Waals surface area contributed by atoms with Gasteiger partial charge in [-0.15, -0.1) is 0 Å². The number of benzene rings is 1. The van der Waals surface area contributed by atoms with Crippen LogP contribution < -0.4 is 15.4 Å². The number of hydrogen-bond acceptors (Lipinski definition) is 6. The first-order valence-corrected chi connectivity index (χ1v) is 11.7. The number of hydrogen-bond donors (Lipinski definition) is 2. The molecule has 2 aliphatic heterocycles. The highest BCUT2D eigenvalue weighted by Crippen LogP contribution is 2.40. The molecule has 1 saturated heterocycles. The first-order chi connectivity index (χ1) is 17.6. The lowest BCUT2D eigenvalue weighted by molar-refractivity contribution is -0.175. The van der Waals surface area contributed by atoms with E-state index in [1.165, 1.54) is 13.1 Å². The van der Waals surface area contributed by atoms with Gasteiger partial charge in [0.25, 0.3) is 5.91 Å². The summed E-state index contributed by atoms with van der Waals surface area (Å²) in [4.78, 5) is 52.9. The van der Waals surface area contributed by atoms with E-state index < -0.39 is 59.3 Å². The Bertz CT molecular complexity index is 1180. The Hall–Kier alpha value is -3.89. The number of anilines is 1. The number of fused-ring (bicyclic) bond motifs is 1. The molecular weight excluding hydrogens is 514 g/mol. The van der Waals surface area contributed by atoms with Crippen molar-refractivity contribution in [3.63, 3.8) is 0 Å². The van der Waals surface area contributed by atoms with Gasteiger partial charge < -0.3 is 25.2 Å². The maximum absolute atomic E-state index is 13.7. The molecule has 0 saturated carbocycles. The van der Waals surface area contributed by atoms with E-state index in [1.54, 1.807) is 19.2 Å². The number of likely N-dealkylation sites (N-methyl/N-ethyl adjacent to an activating group) is 1. The fourth-order valence-electron chi connectivity index (χ4n) is 4.50. The molecule has 0 bridgehead atoms. The van der Waals surface area contributed by atoms with Crippen LogP contribution in [0.5, 0.6) is 5.75 Å². The summed E-state index contributed by atoms with van der Waals surface area (Å²) in [6.45, 7) is 4.22. The van der Waals surface area contributed by atoms with Crippen molar-refractivity contribution < 1.29 is 41.5 Å². The van der Waals surface area contributed by atoms with Crippen molar-refractivity contribution >= 4 is 29.3 Å². The van der Waals surface area contributed by atoms with Crippen LogP contribution in [0.3, 0.4) is 0 Å². The molecule has 2 N–H and O–H groups in total. The highest BCUT2D eigenvalue weighted by molar-refractivity contribution is 6.02. The molecule has 2 heterocycles. The number of halogens is 4. The van der Waals surface area contributed by atoms with Gasteiger partial charge in [-0.2, -0.15) is 18.4 Å². The summed E-state index contributed by atoms with van der Waals surface area (Å²) < 4.78 is 57.4. The van der Waals surface area contributed by atoms with Crippen molar-refractivity contribution in [1.82, 2.24) is 15.1 Å². The van der Waals surface area contributed by atoms with Gasteiger partial charge in [0.15, 0.2) is 0 Å². The molecule has 4 amide bonds. The molecule has 0 radical (unpaired) electrons. The Balaban J connectivity index is 1.85. The third kappa shape index (κ3) is 5.66. The lowest BCUT2D eigenvalue weighted by Gasteiger charge is -2.36. The molecule has 0 aromatic heterocycles. The standard InChI is InChI=1S/C24H27F4N5O5/c1-12(2)7-17(32(4)19(34)13(3)30-22(37)24(26,27)28)20(35)33-11-23(9-15(33)10-29)21(36)31-16-8-14(25)5-6-18(16)38-23/h5-6,8,12-13,15,17H,7,9,11H2,1-4H3,(H,30,37)(H,31,36)/t13-,15-,17-,23+/m0/s1. The Kier molecular flexibility index (Phi) is 7.90. The van der Waals surface area contributed by atoms with Crippen LogP contribution in [0.15, 0.2) is 18.2 Å². The predicted octanol–water partition coefficient (Wildman–Crippen LogP) is 1.96. The first-order valence-electron chi connectivity index (χ1n) is 11.7. The lowest BCUT2D eigenvalue weighted by Crippen LogP contribution is -2.57. The molecule has 1 fully saturated rings. The van der Waals surface area contributed by atoms with Crippen molar-refractivity contribution in [3.8, 4) is 11.8 Å². The minimum absolute atomic E-state index is 0.0812. The van der Waals surface area contributed by atoms with E-state index >= 15 is 0 Å². The summed E-state index contributed by atoms with van der Waals surface area (Å²) >= 11 is 0. The van der Waals surface area contributed by atoms with E-state index in [0.717, 1.165) is 28.9 Å². The predicted molar refractivity (Wildman–Crippen MR) is 124 cm³/mol. The summed E-state index contributed by atoms with van der Waals surface area (Å²) in [5, 5.41) is 13.9. The number of amides is 4. The van der Waals surface area contributed by atoms with Gasteiger partial charge >= 0.3 is 12.1 Å². The van der Waals surface area contributed by atoms with E-state index in [1.807, 2.05) is 6.07 Å². The Morgan fingerprint density at radius 2 is 1.97 bits per heavy atom. The number of carbonyl (C=O) groups excluding carboxylic acids is 4. The average molecular weight is 542 g/mol. The number of nitrogens with zero attached hydrogens (tertiary/aromatic N) is 3. The van der Waals surface area contributed by atoms with Gasteiger partial charge in [0, 0.05) is 19.5 Å². The number of rotatable bonds is 6. The van der Waals surface area contributed by atoms with E-state index in [2.05, 4.69) is 5.32 Å². The fourth-order valence-corrected chi connectivity index (χ4v) is 4.50. The first kappa shape index (κ1) is 28.7. The topological polar surface area (TPSA) is 132 Å². The van der Waals surface area contributed by atoms with Gasteiger partial charge in [-0.1, -0.05) is 13.8 Å². The zero-order valence-corrected chi connectivity index (χ0v) is 21.1. The maximum atomic E-state index is 13.7. The van der Waals surface area contributed by atoms with Crippen molar-refractivity contribution in [3.05, 3.63) is 24.0 Å². The molecule has 4 atom stereocenters. The smallest absolute Gasteiger partial charge is 0.471 e. The Morgan fingerprint density at radius 1 is 1.32 bits per heavy atom. The fraction of sp³-hybridized carbons (Fsp3) is 0.542. The molecule has 38 heavy (non-hydrogen) atoms. The number of carbonyl (C=O) groups is 4. The molecule has 0 unspecified atom stereocenters. The van der Waals surface area contributed by atoms with Crippen LogP contribution in [0.4, 0.5) is 23.2 Å². The van der Waals surface area contributed by atoms with Crippen molar-refractivity contribution in [1.29, 1.82) is 5.26 Å². The Morgan fingerprint density at radius 3 is 2.55 bits per heavy atom. The summed E-state index contributed by atoms with van der Waals surface area (Å²) in [5.41, 5.74) is -1.56. The molecule has 2 aliphatic rings. The second-order valence-corrected chi connectivity index (χ2v) is 9.79. The van der Waals surface area contributed by atoms with E-state index in [4.69, 9.17) is 4.74 Å². The van der Waals surface area contributed by atoms with Crippen LogP contribution in [0.25, 0.3) is 0 Å². The van der Waals surface area contributed by atoms with E-state index in [9.17, 15) is 42.0 Å². The molecular formula is C24H27F4N5O5. The SMILES string of the molecule is CC(C)C[C@@H](C(=O)N1C[C@@]2(C[C@H]1C#N)Oc1ccc(F)cc1NC2=O)N(C)C(=O)[C@H](C)NC(=O)C(F)(F)F. The second-order valence-electron chi connectivity index (χ2n) is 9.79. The molecule has 1 aromatic carbocycles. The number of nitriles is 1. The maximum Gasteiger partial charge on any atom is 0.471 e. The van der Waals surface area contributed by atoms with Crippen LogP contribution in [0, 0.1) is 23.1 Å². The largest absolute Gasteiger partial charge is 0.473 e. The third-order valence-electron chi connectivity index (χ3n) is 6.44. The second kappa shape index (κ2) is 10.5. The van der Waals surface area contributed by atoms with Crippen LogP contribution in [0.2, 0.25) is 0 Å². The summed E-state index contributed by atoms with van der Waals surface area (Å²) in [6, 6.07) is 1.52. The lowest BCUT2D eigenvalue weighted by atomic mass is 9.97. The number of nitrogens with one attached hydrogen (secondary N) is 2. The van der Waals surface area contributed by atoms with Crippen molar-refractivity contribution in [2.45, 2.75) is 63.5 Å². The highest BCUT2D eigenvalue weighted by atomic mass is 19.4. The molecule has 1 aromatic rings. The summed E-state index contributed by atoms with van der Waals surface area (Å²) in [7, 11) is 1.21. The van der Waals surface area contributed by atoms with Gasteiger partial charge in [-0.25, -0.2) is 4.39 Å². The molecule has 0 aliphatic carbocycles. The molecule has 1 spiro atoms. The van der Waals surface area contributed by atoms with E-state index in [0.29, 0.717) is 0 Å². The minimum atomic E-state index is -5.20. The van der Waals surface area contributed by atoms with Gasteiger partial charge in [0.05, 0.1) is 18.3 Å². The summed E-state index contributed by atoms with van der Waals surface area (Å²) in [5.74, 6) is -5.26. The van der Waals surface area contributed by atoms with E-state index in [-0.39, 0.29) is 36.7 Å². The van der Waals surface area contributed by atoms with Gasteiger partial charge in [-0.05, 0) is 31.4 Å². The zero-order valence-electron chi connectivity index (χ0n) is 21.1. The molecule has 3 rings (SSSR count). The minimum Gasteiger partial charge on any atom is -0.473 e. The van der Waals surface area contributed by atoms with Crippen LogP contribution in [0.1, 0.15) is 33.6 Å². The molecule has 206 valence electrons. The summed E-state index contributed by atoms with van der Waals surface area (Å²) in [6.07, 6.45) is -5.32. The van der Waals surface area contributed by atoms with Crippen LogP contribution in [-0.2, 0) is 19.2 Å². The number of alkyl halides is 3. The third-order valence-corrected chi connectivity index (χ3v) is 6.44. The highest BCUT2D eigenvalue weighted by Gasteiger charge is 2.56. The average Bonchev–Trinajstić information content (AvgIpc) is 3.21. The van der Waals surface area contributed by atoms with Crippen LogP contribution >= 0.6 is 0 Å². The molecule has 10 nitrogen and oxygen atoms in total. The van der Waals surface area contributed by atoms with Gasteiger partial charge in [-0.3, -0.25) is 19.2 Å².